The molecule has 0 aliphatic carbocycles. The highest BCUT2D eigenvalue weighted by atomic mass is 19.1. The van der Waals surface area contributed by atoms with E-state index in [1.165, 1.54) is 6.07 Å². The molecular formula is C12H15F2N. The van der Waals surface area contributed by atoms with Crippen molar-refractivity contribution in [1.29, 1.82) is 0 Å². The Balaban J connectivity index is 2.12. The van der Waals surface area contributed by atoms with Gasteiger partial charge in [-0.2, -0.15) is 0 Å². The van der Waals surface area contributed by atoms with Crippen molar-refractivity contribution >= 4 is 0 Å². The summed E-state index contributed by atoms with van der Waals surface area (Å²) in [7, 11) is 0. The van der Waals surface area contributed by atoms with Crippen LogP contribution in [0.15, 0.2) is 24.3 Å². The molecule has 1 aromatic rings. The Morgan fingerprint density at radius 2 is 1.87 bits per heavy atom. The molecule has 1 fully saturated rings. The lowest BCUT2D eigenvalue weighted by Gasteiger charge is -2.26. The average molecular weight is 211 g/mol. The fourth-order valence-corrected chi connectivity index (χ4v) is 2.09. The summed E-state index contributed by atoms with van der Waals surface area (Å²) < 4.78 is 27.4. The predicted octanol–water partition coefficient (Wildman–Crippen LogP) is 2.84. The highest BCUT2D eigenvalue weighted by Crippen LogP contribution is 2.33. The van der Waals surface area contributed by atoms with Gasteiger partial charge in [-0.1, -0.05) is 18.2 Å². The van der Waals surface area contributed by atoms with Gasteiger partial charge in [-0.15, -0.1) is 0 Å². The van der Waals surface area contributed by atoms with Gasteiger partial charge >= 0.3 is 0 Å². The van der Waals surface area contributed by atoms with Crippen LogP contribution in [0.25, 0.3) is 0 Å². The first-order chi connectivity index (χ1) is 7.29. The molecule has 0 aromatic heterocycles. The summed E-state index contributed by atoms with van der Waals surface area (Å²) in [5, 5.41) is 3.18. The molecule has 15 heavy (non-hydrogen) atoms. The molecule has 1 saturated heterocycles. The van der Waals surface area contributed by atoms with Gasteiger partial charge in [0.25, 0.3) is 0 Å². The van der Waals surface area contributed by atoms with E-state index in [9.17, 15) is 8.78 Å². The number of halogens is 2. The largest absolute Gasteiger partial charge is 0.317 e. The van der Waals surface area contributed by atoms with Crippen molar-refractivity contribution in [3.8, 4) is 0 Å². The Bertz CT molecular complexity index is 321. The molecule has 82 valence electrons. The molecule has 0 unspecified atom stereocenters. The number of benzene rings is 1. The van der Waals surface area contributed by atoms with Gasteiger partial charge < -0.3 is 5.32 Å². The van der Waals surface area contributed by atoms with Gasteiger partial charge in [0.05, 0.1) is 0 Å². The highest BCUT2D eigenvalue weighted by Gasteiger charge is 2.26. The lowest BCUT2D eigenvalue weighted by atomic mass is 9.89. The molecule has 0 spiro atoms. The summed E-state index contributed by atoms with van der Waals surface area (Å²) in [5.41, 5.74) is 0.212. The van der Waals surface area contributed by atoms with E-state index in [1.54, 1.807) is 18.2 Å². The molecule has 0 saturated carbocycles. The van der Waals surface area contributed by atoms with Gasteiger partial charge in [0.2, 0.25) is 0 Å². The lowest BCUT2D eigenvalue weighted by Crippen LogP contribution is -2.30. The van der Waals surface area contributed by atoms with Crippen molar-refractivity contribution in [2.24, 2.45) is 5.92 Å². The maximum atomic E-state index is 14.0. The van der Waals surface area contributed by atoms with E-state index in [0.717, 1.165) is 25.9 Å². The zero-order chi connectivity index (χ0) is 10.7. The Morgan fingerprint density at radius 3 is 2.53 bits per heavy atom. The first-order valence-electron chi connectivity index (χ1n) is 5.38. The van der Waals surface area contributed by atoms with Crippen molar-refractivity contribution in [2.75, 3.05) is 13.1 Å². The van der Waals surface area contributed by atoms with E-state index in [2.05, 4.69) is 5.32 Å². The Labute approximate surface area is 88.5 Å². The molecule has 3 heteroatoms. The fourth-order valence-electron chi connectivity index (χ4n) is 2.09. The van der Waals surface area contributed by atoms with Crippen molar-refractivity contribution in [3.63, 3.8) is 0 Å². The van der Waals surface area contributed by atoms with Gasteiger partial charge in [0.15, 0.2) is 0 Å². The third-order valence-electron chi connectivity index (χ3n) is 3.00. The van der Waals surface area contributed by atoms with E-state index >= 15 is 0 Å². The van der Waals surface area contributed by atoms with Gasteiger partial charge in [-0.3, -0.25) is 0 Å². The van der Waals surface area contributed by atoms with Crippen LogP contribution in [-0.2, 0) is 0 Å². The van der Waals surface area contributed by atoms with E-state index in [1.807, 2.05) is 0 Å². The molecule has 1 aliphatic rings. The molecule has 0 amide bonds. The van der Waals surface area contributed by atoms with Gasteiger partial charge in [-0.25, -0.2) is 8.78 Å². The first-order valence-corrected chi connectivity index (χ1v) is 5.38. The number of hydrogen-bond acceptors (Lipinski definition) is 1. The van der Waals surface area contributed by atoms with Gasteiger partial charge in [-0.05, 0) is 37.9 Å². The topological polar surface area (TPSA) is 12.0 Å². The summed E-state index contributed by atoms with van der Waals surface area (Å²) in [6, 6.07) is 6.14. The van der Waals surface area contributed by atoms with Crippen molar-refractivity contribution < 1.29 is 8.78 Å². The molecule has 1 aliphatic heterocycles. The minimum Gasteiger partial charge on any atom is -0.317 e. The van der Waals surface area contributed by atoms with Crippen molar-refractivity contribution in [3.05, 3.63) is 35.6 Å². The van der Waals surface area contributed by atoms with Crippen LogP contribution in [0.2, 0.25) is 0 Å². The van der Waals surface area contributed by atoms with Crippen LogP contribution in [0.5, 0.6) is 0 Å². The van der Waals surface area contributed by atoms with Crippen molar-refractivity contribution in [2.45, 2.75) is 19.0 Å². The normalized spacial score (nSPS) is 20.1. The number of piperidine rings is 1. The molecular weight excluding hydrogens is 196 g/mol. The number of nitrogens with one attached hydrogen (secondary N) is 1. The standard InChI is InChI=1S/C12H15F2N/c13-11-4-2-1-3-10(11)12(14)9-5-7-15-8-6-9/h1-4,9,12,15H,5-8H2/t12-/m0/s1. The van der Waals surface area contributed by atoms with Crippen LogP contribution in [0, 0.1) is 11.7 Å². The maximum Gasteiger partial charge on any atom is 0.131 e. The Hall–Kier alpha value is -0.960. The fraction of sp³-hybridized carbons (Fsp3) is 0.500. The summed E-state index contributed by atoms with van der Waals surface area (Å²) in [4.78, 5) is 0. The van der Waals surface area contributed by atoms with Crippen molar-refractivity contribution in [1.82, 2.24) is 5.32 Å². The highest BCUT2D eigenvalue weighted by molar-refractivity contribution is 5.20. The number of hydrogen-bond donors (Lipinski definition) is 1. The molecule has 0 bridgehead atoms. The van der Waals surface area contributed by atoms with Crippen LogP contribution in [0.1, 0.15) is 24.6 Å². The van der Waals surface area contributed by atoms with Crippen LogP contribution >= 0.6 is 0 Å². The average Bonchev–Trinajstić information content (AvgIpc) is 2.30. The third-order valence-corrected chi connectivity index (χ3v) is 3.00. The van der Waals surface area contributed by atoms with E-state index in [-0.39, 0.29) is 11.5 Å². The molecule has 1 N–H and O–H groups in total. The summed E-state index contributed by atoms with van der Waals surface area (Å²) in [5.74, 6) is -0.466. The minimum absolute atomic E-state index is 0.0388. The van der Waals surface area contributed by atoms with Crippen LogP contribution < -0.4 is 5.32 Å². The molecule has 2 rings (SSSR count). The van der Waals surface area contributed by atoms with E-state index < -0.39 is 12.0 Å². The Kier molecular flexibility index (Phi) is 3.31. The van der Waals surface area contributed by atoms with Crippen LogP contribution in [0.3, 0.4) is 0 Å². The van der Waals surface area contributed by atoms with Crippen LogP contribution in [0.4, 0.5) is 8.78 Å². The zero-order valence-electron chi connectivity index (χ0n) is 8.55. The monoisotopic (exact) mass is 211 g/mol. The number of alkyl halides is 1. The minimum atomic E-state index is -1.16. The van der Waals surface area contributed by atoms with Gasteiger partial charge in [0, 0.05) is 5.56 Å². The van der Waals surface area contributed by atoms with Gasteiger partial charge in [0.1, 0.15) is 12.0 Å². The second kappa shape index (κ2) is 4.71. The van der Waals surface area contributed by atoms with Crippen LogP contribution in [-0.4, -0.2) is 13.1 Å². The molecule has 0 radical (unpaired) electrons. The second-order valence-electron chi connectivity index (χ2n) is 4.01. The molecule has 1 aromatic carbocycles. The molecule has 1 heterocycles. The second-order valence-corrected chi connectivity index (χ2v) is 4.01. The summed E-state index contributed by atoms with van der Waals surface area (Å²) in [6.07, 6.45) is 0.415. The molecule has 1 nitrogen and oxygen atoms in total. The van der Waals surface area contributed by atoms with E-state index in [4.69, 9.17) is 0 Å². The quantitative estimate of drug-likeness (QED) is 0.793. The summed E-state index contributed by atoms with van der Waals surface area (Å²) >= 11 is 0. The SMILES string of the molecule is Fc1ccccc1[C@@H](F)C1CCNCC1. The van der Waals surface area contributed by atoms with E-state index in [0.29, 0.717) is 0 Å². The zero-order valence-corrected chi connectivity index (χ0v) is 8.55. The third kappa shape index (κ3) is 2.34. The summed E-state index contributed by atoms with van der Waals surface area (Å²) in [6.45, 7) is 1.67. The lowest BCUT2D eigenvalue weighted by molar-refractivity contribution is 0.186. The Morgan fingerprint density at radius 1 is 1.20 bits per heavy atom. The first kappa shape index (κ1) is 10.6. The number of rotatable bonds is 2. The molecule has 1 atom stereocenters. The smallest absolute Gasteiger partial charge is 0.131 e. The maximum absolute atomic E-state index is 14.0. The predicted molar refractivity (Wildman–Crippen MR) is 55.8 cm³/mol.